The van der Waals surface area contributed by atoms with Gasteiger partial charge in [0.2, 0.25) is 0 Å². The first-order valence-electron chi connectivity index (χ1n) is 12.0. The molecule has 0 unspecified atom stereocenters. The summed E-state index contributed by atoms with van der Waals surface area (Å²) in [5.74, 6) is -0.900. The summed E-state index contributed by atoms with van der Waals surface area (Å²) < 4.78 is 11.6. The van der Waals surface area contributed by atoms with Crippen molar-refractivity contribution in [1.29, 1.82) is 0 Å². The number of carbonyl (C=O) groups excluding carboxylic acids is 1. The Morgan fingerprint density at radius 3 is 2.03 bits per heavy atom. The van der Waals surface area contributed by atoms with Crippen LogP contribution in [0.25, 0.3) is 0 Å². The molecule has 1 amide bonds. The number of rotatable bonds is 11. The molecule has 8 heteroatoms. The largest absolute Gasteiger partial charge is 0.481 e. The summed E-state index contributed by atoms with van der Waals surface area (Å²) in [6.45, 7) is 21.3. The van der Waals surface area contributed by atoms with Crippen LogP contribution in [0.2, 0.25) is 18.1 Å². The van der Waals surface area contributed by atoms with Crippen molar-refractivity contribution >= 4 is 26.1 Å². The quantitative estimate of drug-likeness (QED) is 0.256. The number of aliphatic carboxylic acids is 1. The van der Waals surface area contributed by atoms with E-state index < -0.39 is 31.4 Å². The number of carboxylic acid groups (broad SMARTS) is 1. The zero-order valence-electron chi connectivity index (χ0n) is 22.8. The second kappa shape index (κ2) is 11.6. The molecule has 0 fully saturated rings. The Hall–Kier alpha value is -2.06. The number of carbonyl (C=O) groups is 2. The van der Waals surface area contributed by atoms with Crippen LogP contribution < -0.4 is 10.6 Å². The first kappa shape index (κ1) is 30.0. The Bertz CT molecular complexity index is 808. The van der Waals surface area contributed by atoms with E-state index in [-0.39, 0.29) is 17.5 Å². The van der Waals surface area contributed by atoms with Gasteiger partial charge >= 0.3 is 12.1 Å². The molecular weight excluding hydrogens is 448 g/mol. The van der Waals surface area contributed by atoms with Gasteiger partial charge in [0.15, 0.2) is 8.32 Å². The van der Waals surface area contributed by atoms with Crippen LogP contribution in [0.3, 0.4) is 0 Å². The number of carboxylic acids is 1. The standard InChI is InChI=1S/C26H46N2O5Si/c1-24(2,3)33-23(31)28-21(18-26(7,8)22(29)30)17-19-11-13-20(14-12-19)27-15-16-32-34(9,10)25(4,5)6/h11-14,21,27H,15-18H2,1-10H3,(H,28,31)(H,29,30)/t21-/m0/s1. The summed E-state index contributed by atoms with van der Waals surface area (Å²) in [7, 11) is -1.75. The highest BCUT2D eigenvalue weighted by Crippen LogP contribution is 2.36. The molecule has 194 valence electrons. The monoisotopic (exact) mass is 494 g/mol. The Labute approximate surface area is 207 Å². The predicted octanol–water partition coefficient (Wildman–Crippen LogP) is 6.06. The maximum Gasteiger partial charge on any atom is 0.407 e. The molecule has 7 nitrogen and oxygen atoms in total. The van der Waals surface area contributed by atoms with Crippen molar-refractivity contribution in [1.82, 2.24) is 5.32 Å². The zero-order chi connectivity index (χ0) is 26.4. The van der Waals surface area contributed by atoms with Gasteiger partial charge in [0.1, 0.15) is 5.60 Å². The second-order valence-corrected chi connectivity index (χ2v) is 17.0. The lowest BCUT2D eigenvalue weighted by molar-refractivity contribution is -0.147. The van der Waals surface area contributed by atoms with E-state index in [1.165, 1.54) is 0 Å². The lowest BCUT2D eigenvalue weighted by Gasteiger charge is -2.36. The lowest BCUT2D eigenvalue weighted by atomic mass is 9.84. The Kier molecular flexibility index (Phi) is 10.2. The fourth-order valence-electron chi connectivity index (χ4n) is 3.11. The van der Waals surface area contributed by atoms with Crippen molar-refractivity contribution in [3.63, 3.8) is 0 Å². The van der Waals surface area contributed by atoms with Gasteiger partial charge in [0.25, 0.3) is 0 Å². The third-order valence-corrected chi connectivity index (χ3v) is 10.7. The summed E-state index contributed by atoms with van der Waals surface area (Å²) in [4.78, 5) is 24.0. The molecule has 0 bridgehead atoms. The van der Waals surface area contributed by atoms with Gasteiger partial charge < -0.3 is 24.9 Å². The van der Waals surface area contributed by atoms with E-state index in [1.807, 2.05) is 24.3 Å². The highest BCUT2D eigenvalue weighted by molar-refractivity contribution is 6.74. The highest BCUT2D eigenvalue weighted by atomic mass is 28.4. The molecule has 0 aliphatic carbocycles. The van der Waals surface area contributed by atoms with Gasteiger partial charge in [-0.25, -0.2) is 4.79 Å². The van der Waals surface area contributed by atoms with Crippen LogP contribution in [0, 0.1) is 5.41 Å². The van der Waals surface area contributed by atoms with Crippen molar-refractivity contribution in [2.24, 2.45) is 5.41 Å². The summed E-state index contributed by atoms with van der Waals surface area (Å²) in [6.07, 6.45) is 0.246. The van der Waals surface area contributed by atoms with Crippen LogP contribution in [-0.4, -0.2) is 50.3 Å². The number of alkyl carbamates (subject to hydrolysis) is 1. The number of nitrogens with one attached hydrogen (secondary N) is 2. The highest BCUT2D eigenvalue weighted by Gasteiger charge is 2.37. The summed E-state index contributed by atoms with van der Waals surface area (Å²) in [6, 6.07) is 7.60. The number of anilines is 1. The van der Waals surface area contributed by atoms with Crippen molar-refractivity contribution in [2.75, 3.05) is 18.5 Å². The molecule has 0 spiro atoms. The molecule has 0 heterocycles. The first-order chi connectivity index (χ1) is 15.3. The Morgan fingerprint density at radius 1 is 1.00 bits per heavy atom. The van der Waals surface area contributed by atoms with E-state index in [4.69, 9.17) is 9.16 Å². The van der Waals surface area contributed by atoms with E-state index in [1.54, 1.807) is 34.6 Å². The molecular formula is C26H46N2O5Si. The molecule has 1 aromatic carbocycles. The van der Waals surface area contributed by atoms with Gasteiger partial charge in [-0.05, 0) is 83.3 Å². The summed E-state index contributed by atoms with van der Waals surface area (Å²) in [5, 5.41) is 16.0. The van der Waals surface area contributed by atoms with Crippen LogP contribution in [-0.2, 0) is 20.4 Å². The van der Waals surface area contributed by atoms with Crippen molar-refractivity contribution in [3.8, 4) is 0 Å². The SMILES string of the molecule is CC(C)(C)OC(=O)N[C@@H](Cc1ccc(NCCO[Si](C)(C)C(C)(C)C)cc1)CC(C)(C)C(=O)O. The fourth-order valence-corrected chi connectivity index (χ4v) is 4.16. The van der Waals surface area contributed by atoms with Gasteiger partial charge in [-0.3, -0.25) is 4.79 Å². The number of amides is 1. The van der Waals surface area contributed by atoms with E-state index in [0.717, 1.165) is 17.8 Å². The van der Waals surface area contributed by atoms with Crippen molar-refractivity contribution < 1.29 is 23.9 Å². The van der Waals surface area contributed by atoms with E-state index in [2.05, 4.69) is 44.5 Å². The number of benzene rings is 1. The molecule has 0 saturated heterocycles. The number of ether oxygens (including phenoxy) is 1. The molecule has 0 radical (unpaired) electrons. The Balaban J connectivity index is 2.75. The minimum Gasteiger partial charge on any atom is -0.481 e. The molecule has 0 aliphatic heterocycles. The van der Waals surface area contributed by atoms with Crippen molar-refractivity contribution in [2.45, 2.75) is 98.0 Å². The van der Waals surface area contributed by atoms with E-state index in [0.29, 0.717) is 13.0 Å². The first-order valence-corrected chi connectivity index (χ1v) is 14.9. The average molecular weight is 495 g/mol. The minimum atomic E-state index is -1.75. The molecule has 1 aromatic rings. The number of hydrogen-bond donors (Lipinski definition) is 3. The zero-order valence-corrected chi connectivity index (χ0v) is 23.8. The van der Waals surface area contributed by atoms with Crippen molar-refractivity contribution in [3.05, 3.63) is 29.8 Å². The smallest absolute Gasteiger partial charge is 0.407 e. The molecule has 1 atom stereocenters. The number of hydrogen-bond acceptors (Lipinski definition) is 5. The molecule has 0 aliphatic rings. The van der Waals surface area contributed by atoms with Crippen LogP contribution in [0.4, 0.5) is 10.5 Å². The second-order valence-electron chi connectivity index (χ2n) is 12.2. The lowest BCUT2D eigenvalue weighted by Crippen LogP contribution is -2.43. The van der Waals surface area contributed by atoms with E-state index in [9.17, 15) is 14.7 Å². The molecule has 0 saturated carbocycles. The van der Waals surface area contributed by atoms with Gasteiger partial charge in [-0.1, -0.05) is 32.9 Å². The van der Waals surface area contributed by atoms with Gasteiger partial charge in [-0.2, -0.15) is 0 Å². The topological polar surface area (TPSA) is 96.9 Å². The van der Waals surface area contributed by atoms with Crippen LogP contribution >= 0.6 is 0 Å². The average Bonchev–Trinajstić information content (AvgIpc) is 2.63. The van der Waals surface area contributed by atoms with Crippen LogP contribution in [0.5, 0.6) is 0 Å². The van der Waals surface area contributed by atoms with Gasteiger partial charge in [-0.15, -0.1) is 0 Å². The molecule has 0 aromatic heterocycles. The minimum absolute atomic E-state index is 0.188. The normalized spacial score (nSPS) is 13.8. The van der Waals surface area contributed by atoms with Gasteiger partial charge in [0, 0.05) is 18.3 Å². The van der Waals surface area contributed by atoms with Gasteiger partial charge in [0.05, 0.1) is 12.0 Å². The summed E-state index contributed by atoms with van der Waals surface area (Å²) in [5.41, 5.74) is 0.389. The Morgan fingerprint density at radius 2 is 1.56 bits per heavy atom. The third-order valence-electron chi connectivity index (χ3n) is 6.19. The predicted molar refractivity (Wildman–Crippen MR) is 141 cm³/mol. The fraction of sp³-hybridized carbons (Fsp3) is 0.692. The van der Waals surface area contributed by atoms with Crippen LogP contribution in [0.1, 0.15) is 67.4 Å². The maximum atomic E-state index is 12.3. The van der Waals surface area contributed by atoms with E-state index >= 15 is 0 Å². The van der Waals surface area contributed by atoms with Crippen LogP contribution in [0.15, 0.2) is 24.3 Å². The summed E-state index contributed by atoms with van der Waals surface area (Å²) >= 11 is 0. The molecule has 3 N–H and O–H groups in total. The molecule has 34 heavy (non-hydrogen) atoms. The molecule has 1 rings (SSSR count). The third kappa shape index (κ3) is 10.5. The maximum absolute atomic E-state index is 12.3.